The fourth-order valence-corrected chi connectivity index (χ4v) is 2.00. The highest BCUT2D eigenvalue weighted by atomic mass is 35.5. The molecule has 17 heavy (non-hydrogen) atoms. The molecule has 0 fully saturated rings. The summed E-state index contributed by atoms with van der Waals surface area (Å²) in [5, 5.41) is 9.74. The Morgan fingerprint density at radius 1 is 1.41 bits per heavy atom. The highest BCUT2D eigenvalue weighted by Crippen LogP contribution is 2.24. The number of hydrogen-bond acceptors (Lipinski definition) is 2. The van der Waals surface area contributed by atoms with E-state index in [9.17, 15) is 5.11 Å². The molecule has 0 unspecified atom stereocenters. The summed E-state index contributed by atoms with van der Waals surface area (Å²) >= 11 is 5.88. The van der Waals surface area contributed by atoms with E-state index in [1.807, 2.05) is 18.5 Å². The number of phenols is 1. The molecule has 0 aliphatic carbocycles. The predicted octanol–water partition coefficient (Wildman–Crippen LogP) is 3.24. The van der Waals surface area contributed by atoms with Crippen molar-refractivity contribution in [2.75, 3.05) is 0 Å². The van der Waals surface area contributed by atoms with E-state index in [1.54, 1.807) is 12.1 Å². The van der Waals surface area contributed by atoms with E-state index in [4.69, 9.17) is 11.6 Å². The lowest BCUT2D eigenvalue weighted by molar-refractivity contribution is 0.475. The Morgan fingerprint density at radius 3 is 2.94 bits per heavy atom. The number of aromatic nitrogens is 2. The van der Waals surface area contributed by atoms with Crippen LogP contribution >= 0.6 is 11.6 Å². The Morgan fingerprint density at radius 2 is 2.24 bits per heavy atom. The van der Waals surface area contributed by atoms with Crippen LogP contribution in [0.5, 0.6) is 5.75 Å². The number of rotatable bonds is 4. The summed E-state index contributed by atoms with van der Waals surface area (Å²) in [4.78, 5) is 4.34. The number of phenolic OH excluding ortho intramolecular Hbond substituents is 1. The molecule has 4 heteroatoms. The van der Waals surface area contributed by atoms with Gasteiger partial charge < -0.3 is 9.67 Å². The normalized spacial score (nSPS) is 10.7. The van der Waals surface area contributed by atoms with Crippen LogP contribution in [0.3, 0.4) is 0 Å². The van der Waals surface area contributed by atoms with Crippen LogP contribution < -0.4 is 0 Å². The number of benzene rings is 1. The Hall–Kier alpha value is -1.48. The second kappa shape index (κ2) is 5.23. The number of aromatic hydroxyl groups is 1. The first-order valence-corrected chi connectivity index (χ1v) is 6.06. The van der Waals surface area contributed by atoms with Crippen molar-refractivity contribution in [3.63, 3.8) is 0 Å². The molecular formula is C13H15ClN2O. The smallest absolute Gasteiger partial charge is 0.134 e. The summed E-state index contributed by atoms with van der Waals surface area (Å²) in [7, 11) is 0. The molecule has 0 bridgehead atoms. The summed E-state index contributed by atoms with van der Waals surface area (Å²) in [6.45, 7) is 3.11. The molecule has 1 aromatic heterocycles. The molecule has 1 aromatic carbocycles. The first kappa shape index (κ1) is 12.0. The zero-order valence-electron chi connectivity index (χ0n) is 9.73. The molecule has 0 amide bonds. The van der Waals surface area contributed by atoms with Crippen molar-refractivity contribution >= 4 is 11.6 Å². The summed E-state index contributed by atoms with van der Waals surface area (Å²) < 4.78 is 2.14. The molecule has 0 radical (unpaired) electrons. The third kappa shape index (κ3) is 2.80. The zero-order chi connectivity index (χ0) is 12.3. The van der Waals surface area contributed by atoms with Gasteiger partial charge in [-0.3, -0.25) is 0 Å². The van der Waals surface area contributed by atoms with E-state index in [1.165, 1.54) is 0 Å². The lowest BCUT2D eigenvalue weighted by Crippen LogP contribution is -2.03. The fraction of sp³-hybridized carbons (Fsp3) is 0.308. The maximum Gasteiger partial charge on any atom is 0.134 e. The Kier molecular flexibility index (Phi) is 3.69. The van der Waals surface area contributed by atoms with E-state index in [-0.39, 0.29) is 5.75 Å². The summed E-state index contributed by atoms with van der Waals surface area (Å²) in [6, 6.07) is 5.26. The van der Waals surface area contributed by atoms with Gasteiger partial charge in [0.25, 0.3) is 0 Å². The monoisotopic (exact) mass is 250 g/mol. The third-order valence-corrected chi connectivity index (χ3v) is 2.94. The first-order chi connectivity index (χ1) is 8.20. The van der Waals surface area contributed by atoms with Gasteiger partial charge in [-0.05, 0) is 24.1 Å². The van der Waals surface area contributed by atoms with Gasteiger partial charge in [0.2, 0.25) is 0 Å². The molecule has 1 N–H and O–H groups in total. The van der Waals surface area contributed by atoms with Crippen LogP contribution in [0.2, 0.25) is 5.02 Å². The minimum absolute atomic E-state index is 0.118. The standard InChI is InChI=1S/C13H15ClN2O/c1-2-6-16-7-5-15-13(16)9-10-3-4-12(17)11(14)8-10/h3-5,7-8,17H,2,6,9H2,1H3. The van der Waals surface area contributed by atoms with Crippen molar-refractivity contribution in [1.82, 2.24) is 9.55 Å². The number of aryl methyl sites for hydroxylation is 1. The van der Waals surface area contributed by atoms with Crippen LogP contribution in [-0.2, 0) is 13.0 Å². The van der Waals surface area contributed by atoms with Gasteiger partial charge in [0.15, 0.2) is 0 Å². The molecular weight excluding hydrogens is 236 g/mol. The van der Waals surface area contributed by atoms with Crippen LogP contribution in [0, 0.1) is 0 Å². The molecule has 2 aromatic rings. The number of halogens is 1. The topological polar surface area (TPSA) is 38.0 Å². The van der Waals surface area contributed by atoms with Crippen LogP contribution in [0.25, 0.3) is 0 Å². The molecule has 3 nitrogen and oxygen atoms in total. The molecule has 0 saturated heterocycles. The maximum atomic E-state index is 9.36. The van der Waals surface area contributed by atoms with Gasteiger partial charge in [-0.2, -0.15) is 0 Å². The van der Waals surface area contributed by atoms with E-state index < -0.39 is 0 Å². The lowest BCUT2D eigenvalue weighted by atomic mass is 10.1. The van der Waals surface area contributed by atoms with Gasteiger partial charge in [0, 0.05) is 25.4 Å². The average molecular weight is 251 g/mol. The Labute approximate surface area is 106 Å². The second-order valence-electron chi connectivity index (χ2n) is 4.00. The second-order valence-corrected chi connectivity index (χ2v) is 4.41. The predicted molar refractivity (Wildman–Crippen MR) is 68.4 cm³/mol. The quantitative estimate of drug-likeness (QED) is 0.905. The summed E-state index contributed by atoms with van der Waals surface area (Å²) in [5.74, 6) is 1.14. The fourth-order valence-electron chi connectivity index (χ4n) is 1.79. The third-order valence-electron chi connectivity index (χ3n) is 2.64. The van der Waals surface area contributed by atoms with Gasteiger partial charge in [0.05, 0.1) is 5.02 Å². The largest absolute Gasteiger partial charge is 0.506 e. The lowest BCUT2D eigenvalue weighted by Gasteiger charge is -2.07. The Bertz CT molecular complexity index is 508. The van der Waals surface area contributed by atoms with E-state index in [0.717, 1.165) is 30.8 Å². The van der Waals surface area contributed by atoms with Gasteiger partial charge in [-0.15, -0.1) is 0 Å². The van der Waals surface area contributed by atoms with Crippen LogP contribution in [0.1, 0.15) is 24.7 Å². The van der Waals surface area contributed by atoms with Crippen LogP contribution in [0.15, 0.2) is 30.6 Å². The van der Waals surface area contributed by atoms with Gasteiger partial charge in [-0.25, -0.2) is 4.98 Å². The highest BCUT2D eigenvalue weighted by molar-refractivity contribution is 6.32. The molecule has 0 aliphatic heterocycles. The van der Waals surface area contributed by atoms with Gasteiger partial charge in [0.1, 0.15) is 11.6 Å². The van der Waals surface area contributed by atoms with Crippen molar-refractivity contribution in [3.8, 4) is 5.75 Å². The first-order valence-electron chi connectivity index (χ1n) is 5.68. The van der Waals surface area contributed by atoms with Crippen LogP contribution in [0.4, 0.5) is 0 Å². The van der Waals surface area contributed by atoms with Gasteiger partial charge >= 0.3 is 0 Å². The van der Waals surface area contributed by atoms with Crippen molar-refractivity contribution in [1.29, 1.82) is 0 Å². The van der Waals surface area contributed by atoms with Crippen molar-refractivity contribution in [2.24, 2.45) is 0 Å². The van der Waals surface area contributed by atoms with E-state index >= 15 is 0 Å². The molecule has 2 rings (SSSR count). The molecule has 0 spiro atoms. The molecule has 0 saturated carbocycles. The molecule has 90 valence electrons. The SMILES string of the molecule is CCCn1ccnc1Cc1ccc(O)c(Cl)c1. The molecule has 0 aliphatic rings. The van der Waals surface area contributed by atoms with Crippen molar-refractivity contribution in [2.45, 2.75) is 26.3 Å². The molecule has 0 atom stereocenters. The zero-order valence-corrected chi connectivity index (χ0v) is 10.5. The van der Waals surface area contributed by atoms with Crippen molar-refractivity contribution in [3.05, 3.63) is 47.0 Å². The maximum absolute atomic E-state index is 9.36. The van der Waals surface area contributed by atoms with Gasteiger partial charge in [-0.1, -0.05) is 24.6 Å². The minimum Gasteiger partial charge on any atom is -0.506 e. The number of nitrogens with zero attached hydrogens (tertiary/aromatic N) is 2. The van der Waals surface area contributed by atoms with Crippen molar-refractivity contribution < 1.29 is 5.11 Å². The van der Waals surface area contributed by atoms with E-state index in [0.29, 0.717) is 5.02 Å². The summed E-state index contributed by atoms with van der Waals surface area (Å²) in [5.41, 5.74) is 1.05. The highest BCUT2D eigenvalue weighted by Gasteiger charge is 2.05. The van der Waals surface area contributed by atoms with Crippen LogP contribution in [-0.4, -0.2) is 14.7 Å². The van der Waals surface area contributed by atoms with E-state index in [2.05, 4.69) is 16.5 Å². The molecule has 1 heterocycles. The minimum atomic E-state index is 0.118. The average Bonchev–Trinajstić information content (AvgIpc) is 2.72. The number of hydrogen-bond donors (Lipinski definition) is 1. The summed E-state index contributed by atoms with van der Waals surface area (Å²) in [6.07, 6.45) is 5.61. The number of imidazole rings is 1. The Balaban J connectivity index is 2.19.